The van der Waals surface area contributed by atoms with Gasteiger partial charge in [0.05, 0.1) is 21.8 Å². The van der Waals surface area contributed by atoms with Gasteiger partial charge in [0.2, 0.25) is 0 Å². The van der Waals surface area contributed by atoms with Crippen LogP contribution < -0.4 is 5.32 Å². The highest BCUT2D eigenvalue weighted by Crippen LogP contribution is 2.29. The highest BCUT2D eigenvalue weighted by atomic mass is 35.5. The summed E-state index contributed by atoms with van der Waals surface area (Å²) in [6, 6.07) is 7.51. The number of anilines is 1. The van der Waals surface area contributed by atoms with E-state index in [1.807, 2.05) is 6.07 Å². The lowest BCUT2D eigenvalue weighted by Gasteiger charge is -2.09. The largest absolute Gasteiger partial charge is 0.383 e. The Balaban J connectivity index is 2.41. The highest BCUT2D eigenvalue weighted by Gasteiger charge is 2.03. The number of nitrogens with one attached hydrogen (secondary N) is 1. The van der Waals surface area contributed by atoms with Gasteiger partial charge in [0.15, 0.2) is 0 Å². The lowest BCUT2D eigenvalue weighted by atomic mass is 10.2. The van der Waals surface area contributed by atoms with Crippen LogP contribution in [0.1, 0.15) is 19.3 Å². The van der Waals surface area contributed by atoms with Crippen molar-refractivity contribution in [3.8, 4) is 6.07 Å². The van der Waals surface area contributed by atoms with E-state index in [0.717, 1.165) is 25.1 Å². The van der Waals surface area contributed by atoms with Crippen molar-refractivity contribution in [3.05, 3.63) is 28.2 Å². The molecule has 0 aliphatic carbocycles. The number of benzene rings is 1. The molecule has 4 heteroatoms. The van der Waals surface area contributed by atoms with Gasteiger partial charge in [0.25, 0.3) is 0 Å². The second kappa shape index (κ2) is 6.55. The summed E-state index contributed by atoms with van der Waals surface area (Å²) >= 11 is 11.9. The third-order valence-corrected chi connectivity index (χ3v) is 2.61. The van der Waals surface area contributed by atoms with Gasteiger partial charge in [-0.05, 0) is 25.0 Å². The summed E-state index contributed by atoms with van der Waals surface area (Å²) in [5.74, 6) is 0. The molecule has 0 saturated carbocycles. The molecule has 0 bridgehead atoms. The zero-order chi connectivity index (χ0) is 11.1. The molecule has 0 heterocycles. The maximum Gasteiger partial charge on any atom is 0.0718 e. The Morgan fingerprint density at radius 1 is 1.20 bits per heavy atom. The summed E-state index contributed by atoms with van der Waals surface area (Å²) in [7, 11) is 0. The van der Waals surface area contributed by atoms with Gasteiger partial charge < -0.3 is 5.32 Å². The van der Waals surface area contributed by atoms with Crippen LogP contribution >= 0.6 is 23.2 Å². The number of rotatable bonds is 5. The summed E-state index contributed by atoms with van der Waals surface area (Å²) in [5, 5.41) is 12.8. The molecular weight excluding hydrogens is 231 g/mol. The topological polar surface area (TPSA) is 35.8 Å². The number of nitrogens with zero attached hydrogens (tertiary/aromatic N) is 1. The Morgan fingerprint density at radius 2 is 1.87 bits per heavy atom. The molecule has 0 amide bonds. The molecular formula is C11H12Cl2N2. The standard InChI is InChI=1S/C11H12Cl2N2/c12-9-5-4-6-10(13)11(9)15-8-3-1-2-7-14/h4-6,15H,1-3,8H2. The number of hydrogen-bond donors (Lipinski definition) is 1. The molecule has 0 atom stereocenters. The normalized spacial score (nSPS) is 9.67. The van der Waals surface area contributed by atoms with Crippen molar-refractivity contribution in [3.63, 3.8) is 0 Å². The van der Waals surface area contributed by atoms with Crippen LogP contribution in [0.2, 0.25) is 10.0 Å². The van der Waals surface area contributed by atoms with Crippen molar-refractivity contribution >= 4 is 28.9 Å². The molecule has 2 nitrogen and oxygen atoms in total. The van der Waals surface area contributed by atoms with Gasteiger partial charge in [-0.2, -0.15) is 5.26 Å². The van der Waals surface area contributed by atoms with E-state index in [1.54, 1.807) is 12.1 Å². The van der Waals surface area contributed by atoms with Gasteiger partial charge in [-0.1, -0.05) is 29.3 Å². The van der Waals surface area contributed by atoms with E-state index < -0.39 is 0 Å². The van der Waals surface area contributed by atoms with Crippen LogP contribution in [0.5, 0.6) is 0 Å². The average molecular weight is 243 g/mol. The van der Waals surface area contributed by atoms with Gasteiger partial charge in [-0.15, -0.1) is 0 Å². The van der Waals surface area contributed by atoms with Crippen molar-refractivity contribution in [2.24, 2.45) is 0 Å². The smallest absolute Gasteiger partial charge is 0.0718 e. The molecule has 15 heavy (non-hydrogen) atoms. The van der Waals surface area contributed by atoms with Crippen LogP contribution in [-0.2, 0) is 0 Å². The Kier molecular flexibility index (Phi) is 5.31. The maximum atomic E-state index is 8.36. The summed E-state index contributed by atoms with van der Waals surface area (Å²) in [5.41, 5.74) is 0.776. The maximum absolute atomic E-state index is 8.36. The number of para-hydroxylation sites is 1. The van der Waals surface area contributed by atoms with Gasteiger partial charge in [-0.3, -0.25) is 0 Å². The Morgan fingerprint density at radius 3 is 2.47 bits per heavy atom. The fraction of sp³-hybridized carbons (Fsp3) is 0.364. The number of halogens is 2. The quantitative estimate of drug-likeness (QED) is 0.790. The molecule has 1 aromatic carbocycles. The first-order valence-corrected chi connectivity index (χ1v) is 5.56. The van der Waals surface area contributed by atoms with Gasteiger partial charge >= 0.3 is 0 Å². The first kappa shape index (κ1) is 12.2. The van der Waals surface area contributed by atoms with Gasteiger partial charge in [0.1, 0.15) is 0 Å². The Bertz CT molecular complexity index is 338. The molecule has 0 aliphatic heterocycles. The minimum Gasteiger partial charge on any atom is -0.383 e. The monoisotopic (exact) mass is 242 g/mol. The molecule has 80 valence electrons. The van der Waals surface area contributed by atoms with E-state index >= 15 is 0 Å². The lowest BCUT2D eigenvalue weighted by molar-refractivity contribution is 0.785. The van der Waals surface area contributed by atoms with Crippen LogP contribution in [0.15, 0.2) is 18.2 Å². The van der Waals surface area contributed by atoms with Crippen molar-refractivity contribution in [2.45, 2.75) is 19.3 Å². The molecule has 0 aliphatic rings. The number of nitriles is 1. The molecule has 0 saturated heterocycles. The first-order chi connectivity index (χ1) is 7.25. The molecule has 0 aromatic heterocycles. The van der Waals surface area contributed by atoms with Crippen LogP contribution in [0.3, 0.4) is 0 Å². The van der Waals surface area contributed by atoms with Crippen LogP contribution in [-0.4, -0.2) is 6.54 Å². The van der Waals surface area contributed by atoms with E-state index in [1.165, 1.54) is 0 Å². The molecule has 0 unspecified atom stereocenters. The Labute approximate surface area is 99.8 Å². The van der Waals surface area contributed by atoms with Crippen molar-refractivity contribution in [2.75, 3.05) is 11.9 Å². The molecule has 1 aromatic rings. The SMILES string of the molecule is N#CCCCCNc1c(Cl)cccc1Cl. The summed E-state index contributed by atoms with van der Waals surface area (Å²) in [4.78, 5) is 0. The summed E-state index contributed by atoms with van der Waals surface area (Å²) in [6.45, 7) is 0.783. The minimum absolute atomic E-state index is 0.595. The minimum atomic E-state index is 0.595. The van der Waals surface area contributed by atoms with E-state index in [4.69, 9.17) is 28.5 Å². The van der Waals surface area contributed by atoms with Crippen molar-refractivity contribution in [1.82, 2.24) is 0 Å². The number of unbranched alkanes of at least 4 members (excludes halogenated alkanes) is 2. The van der Waals surface area contributed by atoms with Gasteiger partial charge in [-0.25, -0.2) is 0 Å². The molecule has 1 N–H and O–H groups in total. The molecule has 0 fully saturated rings. The third kappa shape index (κ3) is 3.99. The fourth-order valence-corrected chi connectivity index (χ4v) is 1.74. The van der Waals surface area contributed by atoms with E-state index in [0.29, 0.717) is 16.5 Å². The summed E-state index contributed by atoms with van der Waals surface area (Å²) in [6.07, 6.45) is 2.43. The Hall–Kier alpha value is -0.910. The van der Waals surface area contributed by atoms with Crippen LogP contribution in [0.4, 0.5) is 5.69 Å². The van der Waals surface area contributed by atoms with Gasteiger partial charge in [0, 0.05) is 13.0 Å². The zero-order valence-corrected chi connectivity index (χ0v) is 9.78. The van der Waals surface area contributed by atoms with Crippen LogP contribution in [0, 0.1) is 11.3 Å². The predicted molar refractivity (Wildman–Crippen MR) is 64.4 cm³/mol. The third-order valence-electron chi connectivity index (χ3n) is 1.98. The molecule has 0 radical (unpaired) electrons. The second-order valence-corrected chi connectivity index (χ2v) is 3.95. The summed E-state index contributed by atoms with van der Waals surface area (Å²) < 4.78 is 0. The van der Waals surface area contributed by atoms with E-state index in [2.05, 4.69) is 11.4 Å². The first-order valence-electron chi connectivity index (χ1n) is 4.80. The molecule has 0 spiro atoms. The zero-order valence-electron chi connectivity index (χ0n) is 8.26. The van der Waals surface area contributed by atoms with E-state index in [9.17, 15) is 0 Å². The van der Waals surface area contributed by atoms with Crippen molar-refractivity contribution in [1.29, 1.82) is 5.26 Å². The van der Waals surface area contributed by atoms with Crippen molar-refractivity contribution < 1.29 is 0 Å². The molecule has 1 rings (SSSR count). The fourth-order valence-electron chi connectivity index (χ4n) is 1.21. The average Bonchev–Trinajstić information content (AvgIpc) is 2.21. The predicted octanol–water partition coefficient (Wildman–Crippen LogP) is 4.10. The van der Waals surface area contributed by atoms with E-state index in [-0.39, 0.29) is 0 Å². The highest BCUT2D eigenvalue weighted by molar-refractivity contribution is 6.39. The van der Waals surface area contributed by atoms with Crippen LogP contribution in [0.25, 0.3) is 0 Å². The number of hydrogen-bond acceptors (Lipinski definition) is 2. The lowest BCUT2D eigenvalue weighted by Crippen LogP contribution is -2.02. The second-order valence-electron chi connectivity index (χ2n) is 3.14.